The van der Waals surface area contributed by atoms with Gasteiger partial charge in [-0.3, -0.25) is 4.79 Å². The average Bonchev–Trinajstić information content (AvgIpc) is 2.55. The summed E-state index contributed by atoms with van der Waals surface area (Å²) in [7, 11) is 1.32. The monoisotopic (exact) mass is 305 g/mol. The van der Waals surface area contributed by atoms with Gasteiger partial charge in [0.05, 0.1) is 7.11 Å². The van der Waals surface area contributed by atoms with Gasteiger partial charge in [-0.2, -0.15) is 0 Å². The highest BCUT2D eigenvalue weighted by atomic mass is 16.6. The second kappa shape index (κ2) is 7.82. The maximum absolute atomic E-state index is 12.2. The summed E-state index contributed by atoms with van der Waals surface area (Å²) in [5.74, 6) is 0.0469. The first-order valence-electron chi connectivity index (χ1n) is 7.75. The van der Waals surface area contributed by atoms with Crippen LogP contribution < -0.4 is 10.1 Å². The Hall–Kier alpha value is -2.04. The SMILES string of the molecule is COC(=O)C(C)Oc1ccc(C(=O)NC2CCCCC2)cc1. The van der Waals surface area contributed by atoms with Crippen LogP contribution in [0.4, 0.5) is 0 Å². The van der Waals surface area contributed by atoms with Crippen molar-refractivity contribution in [3.05, 3.63) is 29.8 Å². The molecule has 5 nitrogen and oxygen atoms in total. The van der Waals surface area contributed by atoms with Gasteiger partial charge in [0.2, 0.25) is 0 Å². The Morgan fingerprint density at radius 2 is 1.77 bits per heavy atom. The number of nitrogens with one attached hydrogen (secondary N) is 1. The number of benzene rings is 1. The van der Waals surface area contributed by atoms with Crippen molar-refractivity contribution in [2.45, 2.75) is 51.2 Å². The molecule has 5 heteroatoms. The quantitative estimate of drug-likeness (QED) is 0.850. The number of amides is 1. The van der Waals surface area contributed by atoms with E-state index in [1.807, 2.05) is 0 Å². The van der Waals surface area contributed by atoms with E-state index in [0.717, 1.165) is 12.8 Å². The van der Waals surface area contributed by atoms with Crippen molar-refractivity contribution in [2.24, 2.45) is 0 Å². The summed E-state index contributed by atoms with van der Waals surface area (Å²) < 4.78 is 10.0. The van der Waals surface area contributed by atoms with Crippen molar-refractivity contribution in [1.82, 2.24) is 5.32 Å². The van der Waals surface area contributed by atoms with Gasteiger partial charge in [0.15, 0.2) is 6.10 Å². The molecule has 0 aliphatic heterocycles. The third kappa shape index (κ3) is 4.48. The summed E-state index contributed by atoms with van der Waals surface area (Å²) in [6, 6.07) is 7.08. The summed E-state index contributed by atoms with van der Waals surface area (Å²) in [5.41, 5.74) is 0.601. The molecule has 1 aliphatic rings. The lowest BCUT2D eigenvalue weighted by molar-refractivity contribution is -0.147. The summed E-state index contributed by atoms with van der Waals surface area (Å²) in [6.07, 6.45) is 5.07. The Bertz CT molecular complexity index is 506. The molecule has 1 atom stereocenters. The van der Waals surface area contributed by atoms with Gasteiger partial charge in [-0.05, 0) is 44.0 Å². The Kier molecular flexibility index (Phi) is 5.81. The van der Waals surface area contributed by atoms with E-state index in [1.54, 1.807) is 31.2 Å². The third-order valence-electron chi connectivity index (χ3n) is 3.90. The Balaban J connectivity index is 1.90. The Morgan fingerprint density at radius 3 is 2.36 bits per heavy atom. The number of hydrogen-bond acceptors (Lipinski definition) is 4. The van der Waals surface area contributed by atoms with E-state index in [4.69, 9.17) is 4.74 Å². The first-order chi connectivity index (χ1) is 10.6. The van der Waals surface area contributed by atoms with Crippen LogP contribution in [0.3, 0.4) is 0 Å². The fourth-order valence-corrected chi connectivity index (χ4v) is 2.62. The minimum Gasteiger partial charge on any atom is -0.479 e. The lowest BCUT2D eigenvalue weighted by Crippen LogP contribution is -2.36. The van der Waals surface area contributed by atoms with E-state index in [9.17, 15) is 9.59 Å². The first kappa shape index (κ1) is 16.3. The largest absolute Gasteiger partial charge is 0.479 e. The molecule has 2 rings (SSSR count). The summed E-state index contributed by atoms with van der Waals surface area (Å²) in [5, 5.41) is 3.07. The molecule has 0 saturated heterocycles. The average molecular weight is 305 g/mol. The fourth-order valence-electron chi connectivity index (χ4n) is 2.62. The van der Waals surface area contributed by atoms with Crippen LogP contribution in [0.25, 0.3) is 0 Å². The molecule has 1 aromatic rings. The lowest BCUT2D eigenvalue weighted by atomic mass is 9.95. The molecule has 0 aromatic heterocycles. The van der Waals surface area contributed by atoms with Crippen LogP contribution in [0.1, 0.15) is 49.4 Å². The van der Waals surface area contributed by atoms with Crippen molar-refractivity contribution in [2.75, 3.05) is 7.11 Å². The number of hydrogen-bond donors (Lipinski definition) is 1. The summed E-state index contributed by atoms with van der Waals surface area (Å²) in [4.78, 5) is 23.5. The molecular weight excluding hydrogens is 282 g/mol. The van der Waals surface area contributed by atoms with E-state index in [2.05, 4.69) is 10.1 Å². The first-order valence-corrected chi connectivity index (χ1v) is 7.75. The maximum atomic E-state index is 12.2. The predicted molar refractivity (Wildman–Crippen MR) is 82.9 cm³/mol. The predicted octanol–water partition coefficient (Wildman–Crippen LogP) is 2.69. The minimum absolute atomic E-state index is 0.0560. The molecule has 1 N–H and O–H groups in total. The van der Waals surface area contributed by atoms with Crippen LogP contribution >= 0.6 is 0 Å². The zero-order valence-corrected chi connectivity index (χ0v) is 13.1. The van der Waals surface area contributed by atoms with Crippen molar-refractivity contribution in [1.29, 1.82) is 0 Å². The topological polar surface area (TPSA) is 64.6 Å². The lowest BCUT2D eigenvalue weighted by Gasteiger charge is -2.22. The maximum Gasteiger partial charge on any atom is 0.346 e. The molecule has 1 aromatic carbocycles. The Labute approximate surface area is 131 Å². The van der Waals surface area contributed by atoms with Crippen molar-refractivity contribution >= 4 is 11.9 Å². The van der Waals surface area contributed by atoms with E-state index in [-0.39, 0.29) is 11.9 Å². The molecule has 1 unspecified atom stereocenters. The molecule has 1 fully saturated rings. The highest BCUT2D eigenvalue weighted by molar-refractivity contribution is 5.94. The third-order valence-corrected chi connectivity index (χ3v) is 3.90. The molecule has 0 spiro atoms. The smallest absolute Gasteiger partial charge is 0.346 e. The van der Waals surface area contributed by atoms with E-state index >= 15 is 0 Å². The molecular formula is C17H23NO4. The second-order valence-electron chi connectivity index (χ2n) is 5.62. The van der Waals surface area contributed by atoms with Gasteiger partial charge in [-0.15, -0.1) is 0 Å². The highest BCUT2D eigenvalue weighted by Crippen LogP contribution is 2.19. The molecule has 0 heterocycles. The van der Waals surface area contributed by atoms with Crippen LogP contribution in [0, 0.1) is 0 Å². The van der Waals surface area contributed by atoms with Gasteiger partial charge in [-0.25, -0.2) is 4.79 Å². The molecule has 0 bridgehead atoms. The van der Waals surface area contributed by atoms with Crippen molar-refractivity contribution < 1.29 is 19.1 Å². The molecule has 1 amide bonds. The van der Waals surface area contributed by atoms with Gasteiger partial charge >= 0.3 is 5.97 Å². The van der Waals surface area contributed by atoms with Crippen LogP contribution in [0.15, 0.2) is 24.3 Å². The number of ether oxygens (including phenoxy) is 2. The highest BCUT2D eigenvalue weighted by Gasteiger charge is 2.17. The van der Waals surface area contributed by atoms with Gasteiger partial charge < -0.3 is 14.8 Å². The van der Waals surface area contributed by atoms with E-state index < -0.39 is 12.1 Å². The van der Waals surface area contributed by atoms with Gasteiger partial charge in [0.25, 0.3) is 5.91 Å². The van der Waals surface area contributed by atoms with Crippen molar-refractivity contribution in [3.8, 4) is 5.75 Å². The van der Waals surface area contributed by atoms with Gasteiger partial charge in [0, 0.05) is 11.6 Å². The Morgan fingerprint density at radius 1 is 1.14 bits per heavy atom. The van der Waals surface area contributed by atoms with Crippen LogP contribution in [-0.2, 0) is 9.53 Å². The number of esters is 1. The van der Waals surface area contributed by atoms with Crippen LogP contribution in [-0.4, -0.2) is 31.1 Å². The zero-order chi connectivity index (χ0) is 15.9. The molecule has 120 valence electrons. The number of methoxy groups -OCH3 is 1. The standard InChI is InChI=1S/C17H23NO4/c1-12(17(20)21-2)22-15-10-8-13(9-11-15)16(19)18-14-6-4-3-5-7-14/h8-12,14H,3-7H2,1-2H3,(H,18,19). The second-order valence-corrected chi connectivity index (χ2v) is 5.62. The van der Waals surface area contributed by atoms with Gasteiger partial charge in [-0.1, -0.05) is 19.3 Å². The fraction of sp³-hybridized carbons (Fsp3) is 0.529. The normalized spacial score (nSPS) is 16.6. The molecule has 1 aliphatic carbocycles. The number of carbonyl (C=O) groups is 2. The molecule has 1 saturated carbocycles. The molecule has 0 radical (unpaired) electrons. The van der Waals surface area contributed by atoms with Crippen LogP contribution in [0.5, 0.6) is 5.75 Å². The number of rotatable bonds is 5. The summed E-state index contributed by atoms with van der Waals surface area (Å²) in [6.45, 7) is 1.62. The van der Waals surface area contributed by atoms with Crippen LogP contribution in [0.2, 0.25) is 0 Å². The van der Waals surface area contributed by atoms with E-state index in [1.165, 1.54) is 26.4 Å². The van der Waals surface area contributed by atoms with Gasteiger partial charge in [0.1, 0.15) is 5.75 Å². The zero-order valence-electron chi connectivity index (χ0n) is 13.1. The minimum atomic E-state index is -0.674. The summed E-state index contributed by atoms with van der Waals surface area (Å²) >= 11 is 0. The van der Waals surface area contributed by atoms with E-state index in [0.29, 0.717) is 11.3 Å². The molecule has 22 heavy (non-hydrogen) atoms. The van der Waals surface area contributed by atoms with Crippen molar-refractivity contribution in [3.63, 3.8) is 0 Å². The number of carbonyl (C=O) groups excluding carboxylic acids is 2.